The summed E-state index contributed by atoms with van der Waals surface area (Å²) in [7, 11) is -3.32. The lowest BCUT2D eigenvalue weighted by Crippen LogP contribution is -2.18. The standard InChI is InChI=1S/C27H34FN2O6PS/c1-5-33-37(32,34-6-2)17-23-18-38-27(29-23)30-26(31)22-13-24(15-25(14-22)36-20(4)16-28)35-19(3)12-21-10-8-7-9-11-21/h7-11,13-15,18-20H,5-6,12,16-17H2,1-4H3,(H,29,30,31)/t19-,20-/m0/s1. The van der Waals surface area contributed by atoms with Gasteiger partial charge in [0.2, 0.25) is 0 Å². The van der Waals surface area contributed by atoms with Crippen molar-refractivity contribution in [1.29, 1.82) is 0 Å². The first-order valence-corrected chi connectivity index (χ1v) is 15.1. The number of anilines is 1. The van der Waals surface area contributed by atoms with Gasteiger partial charge in [-0.1, -0.05) is 30.3 Å². The van der Waals surface area contributed by atoms with E-state index in [0.717, 1.165) is 5.56 Å². The quantitative estimate of drug-likeness (QED) is 0.200. The largest absolute Gasteiger partial charge is 0.490 e. The summed E-state index contributed by atoms with van der Waals surface area (Å²) in [5, 5.41) is 4.78. The van der Waals surface area contributed by atoms with Crippen molar-refractivity contribution >= 4 is 30.0 Å². The van der Waals surface area contributed by atoms with Crippen LogP contribution in [0, 0.1) is 0 Å². The van der Waals surface area contributed by atoms with Crippen molar-refractivity contribution in [3.05, 3.63) is 70.7 Å². The first kappa shape index (κ1) is 29.8. The van der Waals surface area contributed by atoms with Gasteiger partial charge in [0.25, 0.3) is 5.91 Å². The van der Waals surface area contributed by atoms with Crippen LogP contribution in [0.1, 0.15) is 49.3 Å². The second-order valence-electron chi connectivity index (χ2n) is 8.60. The van der Waals surface area contributed by atoms with Crippen molar-refractivity contribution < 1.29 is 32.3 Å². The smallest absolute Gasteiger partial charge is 0.336 e. The highest BCUT2D eigenvalue weighted by Gasteiger charge is 2.26. The average molecular weight is 565 g/mol. The molecule has 3 aromatic rings. The molecule has 1 amide bonds. The van der Waals surface area contributed by atoms with E-state index in [1.165, 1.54) is 17.4 Å². The van der Waals surface area contributed by atoms with Gasteiger partial charge in [0.05, 0.1) is 31.2 Å². The number of rotatable bonds is 15. The molecule has 0 bridgehead atoms. The summed E-state index contributed by atoms with van der Waals surface area (Å²) >= 11 is 1.20. The van der Waals surface area contributed by atoms with Crippen molar-refractivity contribution in [2.45, 2.75) is 52.5 Å². The molecular weight excluding hydrogens is 530 g/mol. The van der Waals surface area contributed by atoms with E-state index in [0.29, 0.717) is 28.7 Å². The molecule has 0 fully saturated rings. The second-order valence-corrected chi connectivity index (χ2v) is 11.5. The number of ether oxygens (including phenoxy) is 2. The van der Waals surface area contributed by atoms with Crippen LogP contribution >= 0.6 is 18.9 Å². The number of thiazole rings is 1. The lowest BCUT2D eigenvalue weighted by Gasteiger charge is -2.18. The normalized spacial score (nSPS) is 13.1. The topological polar surface area (TPSA) is 96.0 Å². The molecule has 0 saturated carbocycles. The third-order valence-electron chi connectivity index (χ3n) is 5.18. The number of nitrogens with one attached hydrogen (secondary N) is 1. The van der Waals surface area contributed by atoms with Gasteiger partial charge in [-0.15, -0.1) is 11.3 Å². The van der Waals surface area contributed by atoms with Gasteiger partial charge in [-0.3, -0.25) is 14.7 Å². The van der Waals surface area contributed by atoms with Gasteiger partial charge in [0.1, 0.15) is 24.3 Å². The van der Waals surface area contributed by atoms with Gasteiger partial charge < -0.3 is 18.5 Å². The Morgan fingerprint density at radius 2 is 1.66 bits per heavy atom. The Bertz CT molecular complexity index is 1220. The van der Waals surface area contributed by atoms with Crippen molar-refractivity contribution in [3.63, 3.8) is 0 Å². The maximum Gasteiger partial charge on any atom is 0.336 e. The summed E-state index contributed by atoms with van der Waals surface area (Å²) < 4.78 is 48.3. The van der Waals surface area contributed by atoms with Gasteiger partial charge in [0, 0.05) is 23.4 Å². The number of aromatic nitrogens is 1. The zero-order valence-corrected chi connectivity index (χ0v) is 23.7. The number of nitrogens with zero attached hydrogens (tertiary/aromatic N) is 1. The molecule has 1 aromatic heterocycles. The molecule has 0 radical (unpaired) electrons. The highest BCUT2D eigenvalue weighted by Crippen LogP contribution is 2.51. The number of carbonyl (C=O) groups excluding carboxylic acids is 1. The van der Waals surface area contributed by atoms with Gasteiger partial charge in [0.15, 0.2) is 5.13 Å². The van der Waals surface area contributed by atoms with Crippen LogP contribution in [0.3, 0.4) is 0 Å². The minimum atomic E-state index is -3.32. The van der Waals surface area contributed by atoms with Crippen LogP contribution in [-0.2, 0) is 26.2 Å². The highest BCUT2D eigenvalue weighted by molar-refractivity contribution is 7.53. The predicted molar refractivity (Wildman–Crippen MR) is 147 cm³/mol. The molecule has 206 valence electrons. The Morgan fingerprint density at radius 3 is 2.26 bits per heavy atom. The van der Waals surface area contributed by atoms with Gasteiger partial charge in [-0.25, -0.2) is 9.37 Å². The van der Waals surface area contributed by atoms with Crippen molar-refractivity contribution in [3.8, 4) is 11.5 Å². The Morgan fingerprint density at radius 1 is 1.03 bits per heavy atom. The summed E-state index contributed by atoms with van der Waals surface area (Å²) in [5.74, 6) is 0.304. The Kier molecular flexibility index (Phi) is 11.3. The molecule has 0 saturated heterocycles. The predicted octanol–water partition coefficient (Wildman–Crippen LogP) is 6.91. The molecule has 1 N–H and O–H groups in total. The highest BCUT2D eigenvalue weighted by atomic mass is 32.1. The SMILES string of the molecule is CCOP(=O)(Cc1csc(NC(=O)c2cc(O[C@@H](C)CF)cc(O[C@@H](C)Cc3ccccc3)c2)n1)OCC. The van der Waals surface area contributed by atoms with E-state index < -0.39 is 26.3 Å². The van der Waals surface area contributed by atoms with E-state index >= 15 is 0 Å². The second kappa shape index (κ2) is 14.4. The number of hydrogen-bond donors (Lipinski definition) is 1. The fourth-order valence-corrected chi connectivity index (χ4v) is 6.08. The number of alkyl halides is 1. The van der Waals surface area contributed by atoms with E-state index in [9.17, 15) is 13.8 Å². The van der Waals surface area contributed by atoms with E-state index in [4.69, 9.17) is 18.5 Å². The molecule has 8 nitrogen and oxygen atoms in total. The molecule has 3 rings (SSSR count). The lowest BCUT2D eigenvalue weighted by atomic mass is 10.1. The van der Waals surface area contributed by atoms with Crippen LogP contribution in [-0.4, -0.2) is 43.0 Å². The number of hydrogen-bond acceptors (Lipinski definition) is 8. The molecule has 0 aliphatic carbocycles. The molecule has 0 aliphatic rings. The zero-order chi connectivity index (χ0) is 27.5. The van der Waals surface area contributed by atoms with Crippen molar-refractivity contribution in [2.75, 3.05) is 25.2 Å². The van der Waals surface area contributed by atoms with Gasteiger partial charge >= 0.3 is 7.60 Å². The summed E-state index contributed by atoms with van der Waals surface area (Å²) in [5.41, 5.74) is 1.87. The van der Waals surface area contributed by atoms with Gasteiger partial charge in [-0.2, -0.15) is 0 Å². The van der Waals surface area contributed by atoms with Crippen LogP contribution in [0.25, 0.3) is 0 Å². The summed E-state index contributed by atoms with van der Waals surface area (Å²) in [6, 6.07) is 14.7. The van der Waals surface area contributed by atoms with Crippen LogP contribution in [0.5, 0.6) is 11.5 Å². The summed E-state index contributed by atoms with van der Waals surface area (Å²) in [6.07, 6.45) is -0.197. The molecule has 2 atom stereocenters. The average Bonchev–Trinajstić information content (AvgIpc) is 3.30. The summed E-state index contributed by atoms with van der Waals surface area (Å²) in [4.78, 5) is 17.5. The third-order valence-corrected chi connectivity index (χ3v) is 8.00. The van der Waals surface area contributed by atoms with Crippen LogP contribution in [0.15, 0.2) is 53.9 Å². The fraction of sp³-hybridized carbons (Fsp3) is 0.407. The molecule has 0 unspecified atom stereocenters. The van der Waals surface area contributed by atoms with Crippen molar-refractivity contribution in [2.24, 2.45) is 0 Å². The number of amides is 1. The van der Waals surface area contributed by atoms with Crippen LogP contribution < -0.4 is 14.8 Å². The Labute approximate surface area is 227 Å². The number of carbonyl (C=O) groups is 1. The van der Waals surface area contributed by atoms with E-state index in [1.807, 2.05) is 37.3 Å². The summed E-state index contributed by atoms with van der Waals surface area (Å²) in [6.45, 7) is 6.84. The maximum atomic E-state index is 13.1. The maximum absolute atomic E-state index is 13.1. The zero-order valence-electron chi connectivity index (χ0n) is 22.0. The monoisotopic (exact) mass is 564 g/mol. The van der Waals surface area contributed by atoms with E-state index in [2.05, 4.69) is 10.3 Å². The minimum absolute atomic E-state index is 0.00276. The third kappa shape index (κ3) is 9.20. The molecule has 11 heteroatoms. The van der Waals surface area contributed by atoms with Crippen LogP contribution in [0.2, 0.25) is 0 Å². The molecule has 0 spiro atoms. The fourth-order valence-electron chi connectivity index (χ4n) is 3.65. The molecular formula is C27H34FN2O6PS. The van der Waals surface area contributed by atoms with E-state index in [-0.39, 0.29) is 31.0 Å². The molecule has 1 heterocycles. The molecule has 0 aliphatic heterocycles. The van der Waals surface area contributed by atoms with Gasteiger partial charge in [-0.05, 0) is 45.4 Å². The van der Waals surface area contributed by atoms with E-state index in [1.54, 1.807) is 38.3 Å². The molecule has 2 aromatic carbocycles. The number of benzene rings is 2. The van der Waals surface area contributed by atoms with Crippen molar-refractivity contribution in [1.82, 2.24) is 4.98 Å². The minimum Gasteiger partial charge on any atom is -0.490 e. The van der Waals surface area contributed by atoms with Crippen LogP contribution in [0.4, 0.5) is 9.52 Å². The first-order chi connectivity index (χ1) is 18.2. The lowest BCUT2D eigenvalue weighted by molar-refractivity contribution is 0.102. The molecule has 38 heavy (non-hydrogen) atoms. The Balaban J connectivity index is 1.75. The Hall–Kier alpha value is -2.78. The first-order valence-electron chi connectivity index (χ1n) is 12.5. The number of halogens is 1.